The van der Waals surface area contributed by atoms with Gasteiger partial charge in [0.15, 0.2) is 11.5 Å². The van der Waals surface area contributed by atoms with E-state index in [0.29, 0.717) is 36.2 Å². The molecule has 0 aliphatic carbocycles. The average Bonchev–Trinajstić information content (AvgIpc) is 3.42. The van der Waals surface area contributed by atoms with E-state index >= 15 is 4.39 Å². The Morgan fingerprint density at radius 3 is 2.59 bits per heavy atom. The summed E-state index contributed by atoms with van der Waals surface area (Å²) < 4.78 is 46.5. The Morgan fingerprint density at radius 2 is 1.87 bits per heavy atom. The van der Waals surface area contributed by atoms with Gasteiger partial charge >= 0.3 is 0 Å². The number of primary amides is 1. The molecule has 0 fully saturated rings. The summed E-state index contributed by atoms with van der Waals surface area (Å²) in [7, 11) is 1.49. The summed E-state index contributed by atoms with van der Waals surface area (Å²) in [4.78, 5) is 30.9. The minimum atomic E-state index is -2.02. The SMILES string of the molecule is COc1cc(C(=O)NC[C@@](O)(c2ccccc2)c2cc3c(c(-c4cc(Cl)c(F)cc4F)n2)OC[C@]3(C)C(N)=O)cc2c1OCCC2. The number of nitrogens with zero attached hydrogens (tertiary/aromatic N) is 1. The third-order valence-corrected chi connectivity index (χ3v) is 8.80. The van der Waals surface area contributed by atoms with Gasteiger partial charge < -0.3 is 30.4 Å². The number of rotatable bonds is 8. The highest BCUT2D eigenvalue weighted by Gasteiger charge is 2.46. The van der Waals surface area contributed by atoms with Gasteiger partial charge in [0.1, 0.15) is 40.7 Å². The first-order valence-electron chi connectivity index (χ1n) is 14.5. The highest BCUT2D eigenvalue weighted by atomic mass is 35.5. The molecule has 2 atom stereocenters. The number of nitrogens with two attached hydrogens (primary N) is 1. The van der Waals surface area contributed by atoms with Crippen molar-refractivity contribution in [1.29, 1.82) is 0 Å². The summed E-state index contributed by atoms with van der Waals surface area (Å²) in [6.07, 6.45) is 1.49. The Labute approximate surface area is 268 Å². The number of aryl methyl sites for hydroxylation is 1. The Balaban J connectivity index is 1.48. The molecule has 2 aliphatic heterocycles. The Morgan fingerprint density at radius 1 is 1.11 bits per heavy atom. The van der Waals surface area contributed by atoms with Crippen molar-refractivity contribution in [1.82, 2.24) is 10.3 Å². The van der Waals surface area contributed by atoms with Crippen LogP contribution in [-0.2, 0) is 22.2 Å². The van der Waals surface area contributed by atoms with Gasteiger partial charge in [-0.15, -0.1) is 0 Å². The summed E-state index contributed by atoms with van der Waals surface area (Å²) in [6, 6.07) is 14.8. The molecule has 0 bridgehead atoms. The molecular weight excluding hydrogens is 620 g/mol. The van der Waals surface area contributed by atoms with Gasteiger partial charge in [-0.1, -0.05) is 41.9 Å². The molecule has 3 heterocycles. The summed E-state index contributed by atoms with van der Waals surface area (Å²) in [5.74, 6) is -2.17. The zero-order valence-electron chi connectivity index (χ0n) is 25.0. The molecule has 1 aromatic heterocycles. The number of methoxy groups -OCH3 is 1. The fraction of sp³-hybridized carbons (Fsp3) is 0.265. The number of benzene rings is 3. The fourth-order valence-electron chi connectivity index (χ4n) is 5.78. The third kappa shape index (κ3) is 5.29. The molecule has 0 saturated heterocycles. The van der Waals surface area contributed by atoms with E-state index in [-0.39, 0.29) is 45.5 Å². The van der Waals surface area contributed by atoms with Crippen LogP contribution in [0.4, 0.5) is 8.78 Å². The smallest absolute Gasteiger partial charge is 0.251 e. The largest absolute Gasteiger partial charge is 0.493 e. The van der Waals surface area contributed by atoms with Crippen molar-refractivity contribution in [2.24, 2.45) is 5.73 Å². The maximum atomic E-state index is 15.3. The van der Waals surface area contributed by atoms with Gasteiger partial charge in [-0.25, -0.2) is 13.8 Å². The molecule has 0 saturated carbocycles. The van der Waals surface area contributed by atoms with Crippen LogP contribution in [0.5, 0.6) is 17.2 Å². The zero-order chi connectivity index (χ0) is 32.8. The van der Waals surface area contributed by atoms with Crippen molar-refractivity contribution in [2.75, 3.05) is 26.9 Å². The van der Waals surface area contributed by atoms with Gasteiger partial charge in [0.25, 0.3) is 5.91 Å². The minimum Gasteiger partial charge on any atom is -0.493 e. The second-order valence-corrected chi connectivity index (χ2v) is 11.9. The molecule has 46 heavy (non-hydrogen) atoms. The van der Waals surface area contributed by atoms with E-state index in [4.69, 9.17) is 31.5 Å². The molecule has 0 unspecified atom stereocenters. The molecule has 0 spiro atoms. The monoisotopic (exact) mass is 649 g/mol. The molecule has 238 valence electrons. The Hall–Kier alpha value is -4.74. The van der Waals surface area contributed by atoms with Crippen LogP contribution in [-0.4, -0.2) is 48.8 Å². The van der Waals surface area contributed by atoms with Gasteiger partial charge in [-0.05, 0) is 55.2 Å². The van der Waals surface area contributed by atoms with Crippen LogP contribution < -0.4 is 25.3 Å². The second kappa shape index (κ2) is 11.9. The van der Waals surface area contributed by atoms with Crippen molar-refractivity contribution in [3.05, 3.63) is 105 Å². The molecule has 12 heteroatoms. The number of hydrogen-bond donors (Lipinski definition) is 3. The van der Waals surface area contributed by atoms with Gasteiger partial charge in [-0.3, -0.25) is 9.59 Å². The maximum Gasteiger partial charge on any atom is 0.251 e. The highest BCUT2D eigenvalue weighted by Crippen LogP contribution is 2.47. The third-order valence-electron chi connectivity index (χ3n) is 8.51. The maximum absolute atomic E-state index is 15.3. The van der Waals surface area contributed by atoms with Gasteiger partial charge in [0.2, 0.25) is 5.91 Å². The van der Waals surface area contributed by atoms with Crippen LogP contribution in [0, 0.1) is 11.6 Å². The minimum absolute atomic E-state index is 0.0365. The van der Waals surface area contributed by atoms with Crippen LogP contribution in [0.15, 0.2) is 60.7 Å². The van der Waals surface area contributed by atoms with Crippen molar-refractivity contribution in [3.63, 3.8) is 0 Å². The Bertz CT molecular complexity index is 1860. The van der Waals surface area contributed by atoms with Crippen LogP contribution in [0.2, 0.25) is 5.02 Å². The van der Waals surface area contributed by atoms with Crippen LogP contribution >= 0.6 is 11.6 Å². The number of ether oxygens (including phenoxy) is 3. The van der Waals surface area contributed by atoms with Gasteiger partial charge in [-0.2, -0.15) is 0 Å². The molecule has 3 aromatic carbocycles. The van der Waals surface area contributed by atoms with E-state index in [1.54, 1.807) is 49.4 Å². The van der Waals surface area contributed by atoms with Crippen molar-refractivity contribution in [2.45, 2.75) is 30.8 Å². The molecular formula is C34H30ClF2N3O6. The summed E-state index contributed by atoms with van der Waals surface area (Å²) in [5.41, 5.74) is 3.66. The zero-order valence-corrected chi connectivity index (χ0v) is 25.7. The number of nitrogens with one attached hydrogen (secondary N) is 1. The number of halogens is 3. The van der Waals surface area contributed by atoms with Crippen molar-refractivity contribution >= 4 is 23.4 Å². The van der Waals surface area contributed by atoms with Crippen molar-refractivity contribution < 1.29 is 37.7 Å². The topological polar surface area (TPSA) is 133 Å². The Kier molecular flexibility index (Phi) is 8.07. The predicted octanol–water partition coefficient (Wildman–Crippen LogP) is 4.82. The average molecular weight is 650 g/mol. The number of aliphatic hydroxyl groups is 1. The standard InChI is InChI=1S/C34H30ClF2N3O6/c1-33(32(38)42)17-46-30-22(33)14-27(40-28(30)21-13-23(35)25(37)15-24(21)36)34(43,20-8-4-3-5-9-20)16-39-31(41)19-11-18-7-6-10-45-29(18)26(12-19)44-2/h3-5,8-9,11-15,43H,6-7,10,16-17H2,1-2H3,(H2,38,42)(H,39,41)/t33-,34+/m0/s1. The van der Waals surface area contributed by atoms with Gasteiger partial charge in [0.05, 0.1) is 31.0 Å². The quantitative estimate of drug-likeness (QED) is 0.233. The number of carbonyl (C=O) groups is 2. The summed E-state index contributed by atoms with van der Waals surface area (Å²) in [5, 5.41) is 14.9. The molecule has 0 radical (unpaired) electrons. The molecule has 6 rings (SSSR count). The first kappa shape index (κ1) is 31.3. The second-order valence-electron chi connectivity index (χ2n) is 11.5. The number of amides is 2. The molecule has 4 aromatic rings. The highest BCUT2D eigenvalue weighted by molar-refractivity contribution is 6.31. The lowest BCUT2D eigenvalue weighted by Crippen LogP contribution is -2.43. The lowest BCUT2D eigenvalue weighted by atomic mass is 9.80. The fourth-order valence-corrected chi connectivity index (χ4v) is 5.94. The van der Waals surface area contributed by atoms with Crippen molar-refractivity contribution in [3.8, 4) is 28.5 Å². The first-order valence-corrected chi connectivity index (χ1v) is 14.9. The normalized spacial score (nSPS) is 18.0. The number of carbonyl (C=O) groups excluding carboxylic acids is 2. The van der Waals surface area contributed by atoms with Crippen LogP contribution in [0.1, 0.15) is 46.1 Å². The van der Waals surface area contributed by atoms with E-state index in [1.165, 1.54) is 13.2 Å². The van der Waals surface area contributed by atoms with Crippen LogP contribution in [0.3, 0.4) is 0 Å². The number of hydrogen-bond acceptors (Lipinski definition) is 7. The van der Waals surface area contributed by atoms with E-state index < -0.39 is 41.0 Å². The van der Waals surface area contributed by atoms with E-state index in [2.05, 4.69) is 10.3 Å². The van der Waals surface area contributed by atoms with E-state index in [9.17, 15) is 19.1 Å². The van der Waals surface area contributed by atoms with E-state index in [0.717, 1.165) is 18.1 Å². The predicted molar refractivity (Wildman–Crippen MR) is 165 cm³/mol. The number of aromatic nitrogens is 1. The lowest BCUT2D eigenvalue weighted by molar-refractivity contribution is -0.123. The molecule has 9 nitrogen and oxygen atoms in total. The van der Waals surface area contributed by atoms with Crippen LogP contribution in [0.25, 0.3) is 11.3 Å². The lowest BCUT2D eigenvalue weighted by Gasteiger charge is -2.30. The summed E-state index contributed by atoms with van der Waals surface area (Å²) >= 11 is 6.03. The summed E-state index contributed by atoms with van der Waals surface area (Å²) in [6.45, 7) is 1.52. The number of pyridine rings is 1. The van der Waals surface area contributed by atoms with E-state index in [1.807, 2.05) is 0 Å². The molecule has 2 amide bonds. The van der Waals surface area contributed by atoms with Gasteiger partial charge in [0, 0.05) is 22.8 Å². The number of fused-ring (bicyclic) bond motifs is 2. The molecule has 2 aliphatic rings. The molecule has 4 N–H and O–H groups in total. The first-order chi connectivity index (χ1) is 22.0.